The van der Waals surface area contributed by atoms with Crippen molar-refractivity contribution in [3.05, 3.63) is 23.2 Å². The molecule has 1 amide bonds. The van der Waals surface area contributed by atoms with Gasteiger partial charge >= 0.3 is 0 Å². The molecule has 0 heterocycles. The lowest BCUT2D eigenvalue weighted by molar-refractivity contribution is -0.120. The monoisotopic (exact) mass is 333 g/mol. The zero-order valence-electron chi connectivity index (χ0n) is 10.5. The van der Waals surface area contributed by atoms with E-state index in [1.807, 2.05) is 0 Å². The number of hydrogen-bond acceptors (Lipinski definition) is 3. The van der Waals surface area contributed by atoms with Gasteiger partial charge in [0.2, 0.25) is 5.91 Å². The van der Waals surface area contributed by atoms with E-state index >= 15 is 0 Å². The van der Waals surface area contributed by atoms with E-state index in [0.29, 0.717) is 5.69 Å². The van der Waals surface area contributed by atoms with Gasteiger partial charge in [0.1, 0.15) is 4.90 Å². The van der Waals surface area contributed by atoms with E-state index in [0.717, 1.165) is 24.7 Å². The van der Waals surface area contributed by atoms with Crippen molar-refractivity contribution in [1.29, 1.82) is 0 Å². The van der Waals surface area contributed by atoms with Crippen molar-refractivity contribution in [2.24, 2.45) is 17.8 Å². The van der Waals surface area contributed by atoms with Gasteiger partial charge < -0.3 is 5.32 Å². The maximum atomic E-state index is 12.1. The molecule has 4 nitrogen and oxygen atoms in total. The Morgan fingerprint density at radius 2 is 1.85 bits per heavy atom. The van der Waals surface area contributed by atoms with Crippen LogP contribution < -0.4 is 5.32 Å². The molecule has 0 radical (unpaired) electrons. The van der Waals surface area contributed by atoms with E-state index in [4.69, 9.17) is 22.3 Å². The molecule has 3 rings (SSSR count). The van der Waals surface area contributed by atoms with Gasteiger partial charge in [-0.3, -0.25) is 4.79 Å². The second kappa shape index (κ2) is 4.90. The first kappa shape index (κ1) is 14.2. The van der Waals surface area contributed by atoms with Gasteiger partial charge in [-0.2, -0.15) is 0 Å². The summed E-state index contributed by atoms with van der Waals surface area (Å²) in [7, 11) is 1.38. The number of benzene rings is 1. The van der Waals surface area contributed by atoms with Crippen molar-refractivity contribution in [3.63, 3.8) is 0 Å². The summed E-state index contributed by atoms with van der Waals surface area (Å²) in [6.45, 7) is 0. The van der Waals surface area contributed by atoms with Crippen LogP contribution in [0, 0.1) is 17.8 Å². The molecule has 2 aliphatic rings. The van der Waals surface area contributed by atoms with E-state index < -0.39 is 9.05 Å². The summed E-state index contributed by atoms with van der Waals surface area (Å²) in [4.78, 5) is 11.9. The van der Waals surface area contributed by atoms with Gasteiger partial charge in [0.05, 0.1) is 5.02 Å². The Morgan fingerprint density at radius 1 is 1.20 bits per heavy atom. The van der Waals surface area contributed by atoms with Crippen LogP contribution in [-0.2, 0) is 13.8 Å². The van der Waals surface area contributed by atoms with Crippen molar-refractivity contribution in [1.82, 2.24) is 0 Å². The minimum Gasteiger partial charge on any atom is -0.326 e. The summed E-state index contributed by atoms with van der Waals surface area (Å²) >= 11 is 5.87. The van der Waals surface area contributed by atoms with Crippen molar-refractivity contribution in [2.45, 2.75) is 24.2 Å². The maximum Gasteiger partial charge on any atom is 0.262 e. The van der Waals surface area contributed by atoms with Gasteiger partial charge in [0.25, 0.3) is 9.05 Å². The number of carbonyl (C=O) groups is 1. The number of amides is 1. The lowest BCUT2D eigenvalue weighted by Crippen LogP contribution is -2.21. The van der Waals surface area contributed by atoms with Gasteiger partial charge in [0, 0.05) is 22.3 Å². The second-order valence-corrected chi connectivity index (χ2v) is 8.44. The number of halogens is 2. The van der Waals surface area contributed by atoms with E-state index in [9.17, 15) is 13.2 Å². The third-order valence-corrected chi connectivity index (χ3v) is 5.88. The van der Waals surface area contributed by atoms with Crippen LogP contribution >= 0.6 is 22.3 Å². The minimum atomic E-state index is -3.87. The highest BCUT2D eigenvalue weighted by Crippen LogP contribution is 2.54. The van der Waals surface area contributed by atoms with Gasteiger partial charge in [-0.25, -0.2) is 8.42 Å². The quantitative estimate of drug-likeness (QED) is 0.863. The van der Waals surface area contributed by atoms with Gasteiger partial charge in [-0.15, -0.1) is 0 Å². The molecular weight excluding hydrogens is 321 g/mol. The van der Waals surface area contributed by atoms with E-state index in [1.54, 1.807) is 0 Å². The molecule has 0 aliphatic heterocycles. The van der Waals surface area contributed by atoms with Gasteiger partial charge in [0.15, 0.2) is 0 Å². The van der Waals surface area contributed by atoms with Crippen LogP contribution in [0.15, 0.2) is 23.1 Å². The van der Waals surface area contributed by atoms with Gasteiger partial charge in [-0.05, 0) is 49.3 Å². The largest absolute Gasteiger partial charge is 0.326 e. The Morgan fingerprint density at radius 3 is 2.40 bits per heavy atom. The van der Waals surface area contributed by atoms with Crippen LogP contribution in [0.5, 0.6) is 0 Å². The number of fused-ring (bicyclic) bond motifs is 1. The average Bonchev–Trinajstić information content (AvgIpc) is 2.94. The van der Waals surface area contributed by atoms with E-state index in [2.05, 4.69) is 5.32 Å². The molecule has 0 aromatic heterocycles. The first-order valence-electron chi connectivity index (χ1n) is 6.39. The van der Waals surface area contributed by atoms with Crippen LogP contribution in [0.2, 0.25) is 5.02 Å². The number of hydrogen-bond donors (Lipinski definition) is 1. The molecule has 0 saturated heterocycles. The maximum absolute atomic E-state index is 12.1. The first-order chi connectivity index (χ1) is 9.34. The summed E-state index contributed by atoms with van der Waals surface area (Å²) in [6, 6.07) is 4.20. The number of nitrogens with one attached hydrogen (secondary N) is 1. The SMILES string of the molecule is O=C(Nc1ccc(S(=O)(=O)Cl)c(Cl)c1)C1CC2CC2C1. The van der Waals surface area contributed by atoms with Crippen molar-refractivity contribution >= 4 is 42.9 Å². The summed E-state index contributed by atoms with van der Waals surface area (Å²) < 4.78 is 22.5. The minimum absolute atomic E-state index is 0.00655. The highest BCUT2D eigenvalue weighted by atomic mass is 35.7. The van der Waals surface area contributed by atoms with Crippen molar-refractivity contribution < 1.29 is 13.2 Å². The third-order valence-electron chi connectivity index (χ3n) is 4.08. The fourth-order valence-corrected chi connectivity index (χ4v) is 4.48. The number of carbonyl (C=O) groups excluding carboxylic acids is 1. The first-order valence-corrected chi connectivity index (χ1v) is 9.08. The lowest BCUT2D eigenvalue weighted by atomic mass is 10.0. The van der Waals surface area contributed by atoms with Crippen LogP contribution in [-0.4, -0.2) is 14.3 Å². The predicted octanol–water partition coefficient (Wildman–Crippen LogP) is 3.25. The Balaban J connectivity index is 1.71. The Kier molecular flexibility index (Phi) is 3.47. The molecular formula is C13H13Cl2NO3S. The lowest BCUT2D eigenvalue weighted by Gasteiger charge is -2.13. The molecule has 0 spiro atoms. The molecule has 1 aromatic rings. The molecule has 1 N–H and O–H groups in total. The molecule has 2 atom stereocenters. The van der Waals surface area contributed by atoms with E-state index in [1.165, 1.54) is 24.6 Å². The molecule has 2 fully saturated rings. The summed E-state index contributed by atoms with van der Waals surface area (Å²) in [5.41, 5.74) is 0.490. The van der Waals surface area contributed by atoms with Gasteiger partial charge in [-0.1, -0.05) is 11.6 Å². The summed E-state index contributed by atoms with van der Waals surface area (Å²) in [5, 5.41) is 2.79. The summed E-state index contributed by atoms with van der Waals surface area (Å²) in [5.74, 6) is 1.51. The van der Waals surface area contributed by atoms with Crippen LogP contribution in [0.1, 0.15) is 19.3 Å². The third kappa shape index (κ3) is 2.80. The standard InChI is InChI=1S/C13H13Cl2NO3S/c14-11-6-10(1-2-12(11)20(15,18)19)16-13(17)9-4-7-3-8(7)5-9/h1-2,6-9H,3-5H2,(H,16,17). The Bertz CT molecular complexity index is 664. The predicted molar refractivity (Wildman–Crippen MR) is 77.4 cm³/mol. The summed E-state index contributed by atoms with van der Waals surface area (Å²) in [6.07, 6.45) is 3.18. The molecule has 2 saturated carbocycles. The fraction of sp³-hybridized carbons (Fsp3) is 0.462. The Labute approximate surface area is 126 Å². The van der Waals surface area contributed by atoms with Crippen molar-refractivity contribution in [2.75, 3.05) is 5.32 Å². The molecule has 108 valence electrons. The topological polar surface area (TPSA) is 63.2 Å². The fourth-order valence-electron chi connectivity index (χ4n) is 2.95. The molecule has 2 aliphatic carbocycles. The number of anilines is 1. The zero-order chi connectivity index (χ0) is 14.5. The zero-order valence-corrected chi connectivity index (χ0v) is 12.8. The average molecular weight is 334 g/mol. The molecule has 20 heavy (non-hydrogen) atoms. The normalized spacial score (nSPS) is 28.0. The Hall–Kier alpha value is -0.780. The highest BCUT2D eigenvalue weighted by molar-refractivity contribution is 8.13. The number of rotatable bonds is 3. The smallest absolute Gasteiger partial charge is 0.262 e. The molecule has 7 heteroatoms. The second-order valence-electron chi connectivity index (χ2n) is 5.50. The van der Waals surface area contributed by atoms with Crippen LogP contribution in [0.3, 0.4) is 0 Å². The highest BCUT2D eigenvalue weighted by Gasteiger charge is 2.47. The molecule has 1 aromatic carbocycles. The molecule has 2 unspecified atom stereocenters. The van der Waals surface area contributed by atoms with Crippen LogP contribution in [0.4, 0.5) is 5.69 Å². The van der Waals surface area contributed by atoms with Crippen molar-refractivity contribution in [3.8, 4) is 0 Å². The molecule has 0 bridgehead atoms. The van der Waals surface area contributed by atoms with Crippen LogP contribution in [0.25, 0.3) is 0 Å². The van der Waals surface area contributed by atoms with E-state index in [-0.39, 0.29) is 21.7 Å².